The summed E-state index contributed by atoms with van der Waals surface area (Å²) in [5, 5.41) is 2.95. The van der Waals surface area contributed by atoms with E-state index in [9.17, 15) is 4.79 Å². The number of urea groups is 1. The second kappa shape index (κ2) is 5.87. The number of rotatable bonds is 2. The monoisotopic (exact) mass is 247 g/mol. The van der Waals surface area contributed by atoms with Crippen LogP contribution in [0.3, 0.4) is 0 Å². The maximum absolute atomic E-state index is 12.1. The number of carbonyl (C=O) groups is 1. The highest BCUT2D eigenvalue weighted by molar-refractivity contribution is 5.89. The first-order valence-electron chi connectivity index (χ1n) is 6.54. The van der Waals surface area contributed by atoms with Crippen LogP contribution in [0.15, 0.2) is 24.3 Å². The summed E-state index contributed by atoms with van der Waals surface area (Å²) in [5.41, 5.74) is 2.03. The molecule has 0 aliphatic carbocycles. The molecule has 0 saturated carbocycles. The molecule has 1 fully saturated rings. The van der Waals surface area contributed by atoms with Gasteiger partial charge in [-0.3, -0.25) is 0 Å². The second-order valence-electron chi connectivity index (χ2n) is 4.72. The van der Waals surface area contributed by atoms with Crippen LogP contribution in [0, 0.1) is 6.92 Å². The maximum atomic E-state index is 12.1. The zero-order valence-corrected chi connectivity index (χ0v) is 11.1. The number of hydrogen-bond acceptors (Lipinski definition) is 2. The number of amides is 2. The third-order valence-electron chi connectivity index (χ3n) is 3.38. The number of likely N-dealkylation sites (N-methyl/N-ethyl adjacent to an activating group) is 1. The predicted octanol–water partition coefficient (Wildman–Crippen LogP) is 2.16. The number of aryl methyl sites for hydroxylation is 1. The highest BCUT2D eigenvalue weighted by Crippen LogP contribution is 2.11. The van der Waals surface area contributed by atoms with Crippen molar-refractivity contribution >= 4 is 11.7 Å². The fraction of sp³-hybridized carbons (Fsp3) is 0.500. The fourth-order valence-corrected chi connectivity index (χ4v) is 2.19. The Bertz CT molecular complexity index is 411. The summed E-state index contributed by atoms with van der Waals surface area (Å²) in [4.78, 5) is 16.3. The van der Waals surface area contributed by atoms with Gasteiger partial charge in [0.15, 0.2) is 0 Å². The molecule has 0 atom stereocenters. The lowest BCUT2D eigenvalue weighted by Gasteiger charge is -2.34. The number of piperazine rings is 1. The molecule has 0 radical (unpaired) electrons. The minimum Gasteiger partial charge on any atom is -0.322 e. The smallest absolute Gasteiger partial charge is 0.321 e. The van der Waals surface area contributed by atoms with Crippen molar-refractivity contribution in [1.29, 1.82) is 0 Å². The van der Waals surface area contributed by atoms with E-state index in [4.69, 9.17) is 0 Å². The quantitative estimate of drug-likeness (QED) is 0.869. The highest BCUT2D eigenvalue weighted by Gasteiger charge is 2.19. The summed E-state index contributed by atoms with van der Waals surface area (Å²) in [7, 11) is 0. The van der Waals surface area contributed by atoms with Crippen molar-refractivity contribution in [3.8, 4) is 0 Å². The third-order valence-corrected chi connectivity index (χ3v) is 3.38. The lowest BCUT2D eigenvalue weighted by atomic mass is 10.2. The Balaban J connectivity index is 1.89. The summed E-state index contributed by atoms with van der Waals surface area (Å²) in [5.74, 6) is 0. The summed E-state index contributed by atoms with van der Waals surface area (Å²) in [6.07, 6.45) is 0. The van der Waals surface area contributed by atoms with Gasteiger partial charge < -0.3 is 15.1 Å². The average Bonchev–Trinajstić information content (AvgIpc) is 2.39. The first-order valence-corrected chi connectivity index (χ1v) is 6.54. The zero-order chi connectivity index (χ0) is 13.0. The molecule has 1 aromatic carbocycles. The van der Waals surface area contributed by atoms with Crippen molar-refractivity contribution in [2.24, 2.45) is 0 Å². The van der Waals surface area contributed by atoms with Crippen LogP contribution in [-0.2, 0) is 0 Å². The molecule has 2 rings (SSSR count). The van der Waals surface area contributed by atoms with Gasteiger partial charge in [0.25, 0.3) is 0 Å². The van der Waals surface area contributed by atoms with Crippen LogP contribution in [0.5, 0.6) is 0 Å². The summed E-state index contributed by atoms with van der Waals surface area (Å²) < 4.78 is 0. The number of benzene rings is 1. The molecule has 98 valence electrons. The SMILES string of the molecule is CCN1CCN(C(=O)Nc2cccc(C)c2)CC1. The van der Waals surface area contributed by atoms with Crippen LogP contribution >= 0.6 is 0 Å². The minimum absolute atomic E-state index is 0.0105. The van der Waals surface area contributed by atoms with Crippen molar-refractivity contribution < 1.29 is 4.79 Å². The van der Waals surface area contributed by atoms with Crippen LogP contribution in [0.1, 0.15) is 12.5 Å². The molecular weight excluding hydrogens is 226 g/mol. The van der Waals surface area contributed by atoms with Gasteiger partial charge >= 0.3 is 6.03 Å². The van der Waals surface area contributed by atoms with Gasteiger partial charge in [0.1, 0.15) is 0 Å². The Morgan fingerprint density at radius 2 is 2.00 bits per heavy atom. The van der Waals surface area contributed by atoms with E-state index in [1.54, 1.807) is 0 Å². The first-order chi connectivity index (χ1) is 8.69. The van der Waals surface area contributed by atoms with Gasteiger partial charge in [0, 0.05) is 31.9 Å². The van der Waals surface area contributed by atoms with E-state index in [1.807, 2.05) is 36.1 Å². The third kappa shape index (κ3) is 3.23. The molecule has 18 heavy (non-hydrogen) atoms. The van der Waals surface area contributed by atoms with Crippen molar-refractivity contribution in [3.05, 3.63) is 29.8 Å². The lowest BCUT2D eigenvalue weighted by molar-refractivity contribution is 0.151. The Hall–Kier alpha value is -1.55. The van der Waals surface area contributed by atoms with Gasteiger partial charge in [0.2, 0.25) is 0 Å². The fourth-order valence-electron chi connectivity index (χ4n) is 2.19. The molecule has 0 aromatic heterocycles. The van der Waals surface area contributed by atoms with Crippen molar-refractivity contribution in [3.63, 3.8) is 0 Å². The van der Waals surface area contributed by atoms with E-state index in [2.05, 4.69) is 17.1 Å². The van der Waals surface area contributed by atoms with Crippen LogP contribution in [-0.4, -0.2) is 48.6 Å². The molecule has 1 heterocycles. The highest BCUT2D eigenvalue weighted by atomic mass is 16.2. The maximum Gasteiger partial charge on any atom is 0.321 e. The van der Waals surface area contributed by atoms with E-state index in [1.165, 1.54) is 0 Å². The molecule has 4 nitrogen and oxygen atoms in total. The van der Waals surface area contributed by atoms with Crippen molar-refractivity contribution in [1.82, 2.24) is 9.80 Å². The minimum atomic E-state index is 0.0105. The van der Waals surface area contributed by atoms with Gasteiger partial charge in [0.05, 0.1) is 0 Å². The number of carbonyl (C=O) groups excluding carboxylic acids is 1. The van der Waals surface area contributed by atoms with E-state index in [0.29, 0.717) is 0 Å². The summed E-state index contributed by atoms with van der Waals surface area (Å²) in [6.45, 7) is 8.80. The van der Waals surface area contributed by atoms with Crippen LogP contribution < -0.4 is 5.32 Å². The van der Waals surface area contributed by atoms with E-state index in [-0.39, 0.29) is 6.03 Å². The Morgan fingerprint density at radius 1 is 1.28 bits per heavy atom. The topological polar surface area (TPSA) is 35.6 Å². The molecule has 0 unspecified atom stereocenters. The predicted molar refractivity (Wildman–Crippen MR) is 73.9 cm³/mol. The van der Waals surface area contributed by atoms with Crippen molar-refractivity contribution in [2.75, 3.05) is 38.0 Å². The molecule has 1 N–H and O–H groups in total. The van der Waals surface area contributed by atoms with Gasteiger partial charge in [-0.05, 0) is 31.2 Å². The number of nitrogens with zero attached hydrogens (tertiary/aromatic N) is 2. The Kier molecular flexibility index (Phi) is 4.20. The molecule has 1 aliphatic heterocycles. The Labute approximate surface area is 109 Å². The molecule has 1 aromatic rings. The van der Waals surface area contributed by atoms with Crippen LogP contribution in [0.2, 0.25) is 0 Å². The van der Waals surface area contributed by atoms with Crippen LogP contribution in [0.4, 0.5) is 10.5 Å². The number of nitrogens with one attached hydrogen (secondary N) is 1. The summed E-state index contributed by atoms with van der Waals surface area (Å²) >= 11 is 0. The molecule has 1 saturated heterocycles. The van der Waals surface area contributed by atoms with Gasteiger partial charge in [-0.2, -0.15) is 0 Å². The molecule has 1 aliphatic rings. The normalized spacial score (nSPS) is 16.7. The van der Waals surface area contributed by atoms with Gasteiger partial charge in [-0.15, -0.1) is 0 Å². The second-order valence-corrected chi connectivity index (χ2v) is 4.72. The molecular formula is C14H21N3O. The molecule has 2 amide bonds. The summed E-state index contributed by atoms with van der Waals surface area (Å²) in [6, 6.07) is 7.90. The van der Waals surface area contributed by atoms with Crippen LogP contribution in [0.25, 0.3) is 0 Å². The van der Waals surface area contributed by atoms with Gasteiger partial charge in [-0.25, -0.2) is 4.79 Å². The van der Waals surface area contributed by atoms with Gasteiger partial charge in [-0.1, -0.05) is 19.1 Å². The van der Waals surface area contributed by atoms with Crippen molar-refractivity contribution in [2.45, 2.75) is 13.8 Å². The van der Waals surface area contributed by atoms with E-state index < -0.39 is 0 Å². The number of anilines is 1. The average molecular weight is 247 g/mol. The van der Waals surface area contributed by atoms with E-state index >= 15 is 0 Å². The Morgan fingerprint density at radius 3 is 2.61 bits per heavy atom. The van der Waals surface area contributed by atoms with E-state index in [0.717, 1.165) is 44.0 Å². The number of hydrogen-bond donors (Lipinski definition) is 1. The molecule has 4 heteroatoms. The first kappa shape index (κ1) is 12.9. The zero-order valence-electron chi connectivity index (χ0n) is 11.1. The standard InChI is InChI=1S/C14H21N3O/c1-3-16-7-9-17(10-8-16)14(18)15-13-6-4-5-12(2)11-13/h4-6,11H,3,7-10H2,1-2H3,(H,15,18). The molecule has 0 spiro atoms. The lowest BCUT2D eigenvalue weighted by Crippen LogP contribution is -2.49. The molecule has 0 bridgehead atoms. The largest absolute Gasteiger partial charge is 0.322 e.